The molecule has 0 bridgehead atoms. The molecule has 27 heavy (non-hydrogen) atoms. The Kier molecular flexibility index (Phi) is 6.05. The normalized spacial score (nSPS) is 10.9. The molecule has 0 fully saturated rings. The maximum Gasteiger partial charge on any atom is 0.248 e. The summed E-state index contributed by atoms with van der Waals surface area (Å²) in [6.07, 6.45) is 5.86. The van der Waals surface area contributed by atoms with Crippen molar-refractivity contribution in [1.29, 1.82) is 0 Å². The fourth-order valence-electron chi connectivity index (χ4n) is 2.67. The van der Waals surface area contributed by atoms with Crippen molar-refractivity contribution < 1.29 is 14.3 Å². The molecule has 1 aromatic heterocycles. The Morgan fingerprint density at radius 2 is 2.00 bits per heavy atom. The van der Waals surface area contributed by atoms with Crippen molar-refractivity contribution in [3.05, 3.63) is 66.4 Å². The van der Waals surface area contributed by atoms with E-state index in [0.29, 0.717) is 23.8 Å². The molecule has 5 heteroatoms. The van der Waals surface area contributed by atoms with Crippen LogP contribution in [-0.2, 0) is 4.79 Å². The van der Waals surface area contributed by atoms with Gasteiger partial charge in [0, 0.05) is 17.7 Å². The van der Waals surface area contributed by atoms with Crippen LogP contribution in [0.3, 0.4) is 0 Å². The number of pyridine rings is 1. The molecule has 3 aromatic rings. The number of para-hydroxylation sites is 1. The Bertz CT molecular complexity index is 961. The number of amides is 1. The van der Waals surface area contributed by atoms with Gasteiger partial charge < -0.3 is 14.8 Å². The molecule has 2 aromatic carbocycles. The number of rotatable bonds is 7. The fourth-order valence-corrected chi connectivity index (χ4v) is 2.67. The van der Waals surface area contributed by atoms with Crippen LogP contribution in [0.15, 0.2) is 60.8 Å². The standard InChI is InChI=1S/C22H22N2O3/c1-3-14-27-19-11-9-16(15-20(19)26-2)10-12-21(25)24-18-8-4-6-17-7-5-13-23-22(17)18/h4-13,15H,3,14H2,1-2H3,(H,24,25). The summed E-state index contributed by atoms with van der Waals surface area (Å²) in [6.45, 7) is 2.68. The topological polar surface area (TPSA) is 60.5 Å². The zero-order valence-corrected chi connectivity index (χ0v) is 15.4. The summed E-state index contributed by atoms with van der Waals surface area (Å²) in [5.74, 6) is 1.12. The summed E-state index contributed by atoms with van der Waals surface area (Å²) in [6, 6.07) is 15.1. The lowest BCUT2D eigenvalue weighted by Crippen LogP contribution is -2.08. The Hall–Kier alpha value is -3.34. The first-order chi connectivity index (χ1) is 13.2. The fraction of sp³-hybridized carbons (Fsp3) is 0.182. The number of hydrogen-bond acceptors (Lipinski definition) is 4. The van der Waals surface area contributed by atoms with Crippen molar-refractivity contribution in [1.82, 2.24) is 4.98 Å². The number of carbonyl (C=O) groups excluding carboxylic acids is 1. The SMILES string of the molecule is CCCOc1ccc(C=CC(=O)Nc2cccc3cccnc23)cc1OC. The quantitative estimate of drug-likeness (QED) is 0.620. The number of anilines is 1. The summed E-state index contributed by atoms with van der Waals surface area (Å²) in [4.78, 5) is 16.7. The van der Waals surface area contributed by atoms with Gasteiger partial charge in [0.1, 0.15) is 0 Å². The second-order valence-corrected chi connectivity index (χ2v) is 5.96. The van der Waals surface area contributed by atoms with E-state index in [4.69, 9.17) is 9.47 Å². The molecule has 1 N–H and O–H groups in total. The highest BCUT2D eigenvalue weighted by molar-refractivity contribution is 6.06. The molecule has 0 aliphatic heterocycles. The predicted molar refractivity (Wildman–Crippen MR) is 108 cm³/mol. The van der Waals surface area contributed by atoms with Crippen LogP contribution in [0.2, 0.25) is 0 Å². The van der Waals surface area contributed by atoms with E-state index in [0.717, 1.165) is 22.9 Å². The number of hydrogen-bond donors (Lipinski definition) is 1. The van der Waals surface area contributed by atoms with Gasteiger partial charge in [-0.05, 0) is 42.3 Å². The number of nitrogens with zero attached hydrogens (tertiary/aromatic N) is 1. The zero-order chi connectivity index (χ0) is 19.1. The van der Waals surface area contributed by atoms with Gasteiger partial charge in [0.2, 0.25) is 5.91 Å². The Labute approximate surface area is 158 Å². The van der Waals surface area contributed by atoms with Crippen molar-refractivity contribution >= 4 is 28.6 Å². The summed E-state index contributed by atoms with van der Waals surface area (Å²) in [5, 5.41) is 3.86. The molecule has 0 spiro atoms. The number of ether oxygens (including phenoxy) is 2. The van der Waals surface area contributed by atoms with E-state index in [2.05, 4.69) is 10.3 Å². The Balaban J connectivity index is 1.72. The minimum absolute atomic E-state index is 0.224. The van der Waals surface area contributed by atoms with Crippen LogP contribution in [0, 0.1) is 0 Å². The lowest BCUT2D eigenvalue weighted by atomic mass is 10.1. The first kappa shape index (κ1) is 18.5. The van der Waals surface area contributed by atoms with E-state index in [1.54, 1.807) is 19.4 Å². The van der Waals surface area contributed by atoms with E-state index in [-0.39, 0.29) is 5.91 Å². The molecule has 0 radical (unpaired) electrons. The maximum absolute atomic E-state index is 12.3. The van der Waals surface area contributed by atoms with E-state index >= 15 is 0 Å². The first-order valence-corrected chi connectivity index (χ1v) is 8.85. The summed E-state index contributed by atoms with van der Waals surface area (Å²) in [7, 11) is 1.60. The summed E-state index contributed by atoms with van der Waals surface area (Å²) >= 11 is 0. The third-order valence-electron chi connectivity index (χ3n) is 3.97. The van der Waals surface area contributed by atoms with E-state index in [1.165, 1.54) is 6.08 Å². The maximum atomic E-state index is 12.3. The minimum Gasteiger partial charge on any atom is -0.493 e. The largest absolute Gasteiger partial charge is 0.493 e. The third kappa shape index (κ3) is 4.64. The van der Waals surface area contributed by atoms with Gasteiger partial charge in [0.25, 0.3) is 0 Å². The molecule has 0 unspecified atom stereocenters. The van der Waals surface area contributed by atoms with Crippen LogP contribution in [0.4, 0.5) is 5.69 Å². The van der Waals surface area contributed by atoms with Crippen molar-refractivity contribution in [2.45, 2.75) is 13.3 Å². The highest BCUT2D eigenvalue weighted by Crippen LogP contribution is 2.28. The van der Waals surface area contributed by atoms with Gasteiger partial charge in [-0.25, -0.2) is 0 Å². The molecular formula is C22H22N2O3. The number of aromatic nitrogens is 1. The van der Waals surface area contributed by atoms with Crippen molar-refractivity contribution in [3.63, 3.8) is 0 Å². The predicted octanol–water partition coefficient (Wildman–Crippen LogP) is 4.68. The van der Waals surface area contributed by atoms with E-state index < -0.39 is 0 Å². The van der Waals surface area contributed by atoms with Gasteiger partial charge in [-0.3, -0.25) is 9.78 Å². The number of methoxy groups -OCH3 is 1. The van der Waals surface area contributed by atoms with Crippen LogP contribution in [-0.4, -0.2) is 24.6 Å². The molecule has 0 saturated heterocycles. The first-order valence-electron chi connectivity index (χ1n) is 8.85. The molecule has 3 rings (SSSR count). The molecule has 1 heterocycles. The lowest BCUT2D eigenvalue weighted by Gasteiger charge is -2.10. The van der Waals surface area contributed by atoms with Gasteiger partial charge in [0.05, 0.1) is 24.9 Å². The van der Waals surface area contributed by atoms with Crippen LogP contribution in [0.5, 0.6) is 11.5 Å². The van der Waals surface area contributed by atoms with Crippen molar-refractivity contribution in [3.8, 4) is 11.5 Å². The van der Waals surface area contributed by atoms with Crippen molar-refractivity contribution in [2.75, 3.05) is 19.0 Å². The highest BCUT2D eigenvalue weighted by atomic mass is 16.5. The molecule has 0 atom stereocenters. The van der Waals surface area contributed by atoms with Gasteiger partial charge in [-0.2, -0.15) is 0 Å². The zero-order valence-electron chi connectivity index (χ0n) is 15.4. The molecule has 5 nitrogen and oxygen atoms in total. The number of carbonyl (C=O) groups is 1. The smallest absolute Gasteiger partial charge is 0.248 e. The Morgan fingerprint density at radius 1 is 1.15 bits per heavy atom. The second kappa shape index (κ2) is 8.85. The molecule has 1 amide bonds. The molecule has 0 saturated carbocycles. The van der Waals surface area contributed by atoms with E-state index in [9.17, 15) is 4.79 Å². The monoisotopic (exact) mass is 362 g/mol. The van der Waals surface area contributed by atoms with Crippen LogP contribution < -0.4 is 14.8 Å². The summed E-state index contributed by atoms with van der Waals surface area (Å²) in [5.41, 5.74) is 2.30. The average Bonchev–Trinajstić information content (AvgIpc) is 2.71. The molecular weight excluding hydrogens is 340 g/mol. The van der Waals surface area contributed by atoms with Crippen molar-refractivity contribution in [2.24, 2.45) is 0 Å². The Morgan fingerprint density at radius 3 is 2.81 bits per heavy atom. The number of benzene rings is 2. The number of nitrogens with one attached hydrogen (secondary N) is 1. The van der Waals surface area contributed by atoms with Crippen LogP contribution in [0.25, 0.3) is 17.0 Å². The van der Waals surface area contributed by atoms with Gasteiger partial charge in [-0.15, -0.1) is 0 Å². The van der Waals surface area contributed by atoms with Crippen LogP contribution in [0.1, 0.15) is 18.9 Å². The number of fused-ring (bicyclic) bond motifs is 1. The molecule has 0 aliphatic carbocycles. The second-order valence-electron chi connectivity index (χ2n) is 5.96. The third-order valence-corrected chi connectivity index (χ3v) is 3.97. The van der Waals surface area contributed by atoms with Gasteiger partial charge in [0.15, 0.2) is 11.5 Å². The molecule has 138 valence electrons. The highest BCUT2D eigenvalue weighted by Gasteiger charge is 2.06. The van der Waals surface area contributed by atoms with Gasteiger partial charge in [-0.1, -0.05) is 31.2 Å². The minimum atomic E-state index is -0.224. The van der Waals surface area contributed by atoms with Crippen LogP contribution >= 0.6 is 0 Å². The van der Waals surface area contributed by atoms with E-state index in [1.807, 2.05) is 55.5 Å². The average molecular weight is 362 g/mol. The lowest BCUT2D eigenvalue weighted by molar-refractivity contribution is -0.111. The summed E-state index contributed by atoms with van der Waals surface area (Å²) < 4.78 is 11.0. The van der Waals surface area contributed by atoms with Gasteiger partial charge >= 0.3 is 0 Å². The molecule has 0 aliphatic rings.